The fraction of sp³-hybridized carbons (Fsp3) is 0.750. The van der Waals surface area contributed by atoms with Gasteiger partial charge in [0.05, 0.1) is 6.10 Å². The zero-order chi connectivity index (χ0) is 14.8. The van der Waals surface area contributed by atoms with Crippen molar-refractivity contribution in [3.8, 4) is 0 Å². The molecule has 1 saturated heterocycles. The van der Waals surface area contributed by atoms with Crippen LogP contribution in [-0.4, -0.2) is 36.7 Å². The van der Waals surface area contributed by atoms with E-state index < -0.39 is 0 Å². The Morgan fingerprint density at radius 2 is 2.25 bits per heavy atom. The summed E-state index contributed by atoms with van der Waals surface area (Å²) < 4.78 is 5.94. The molecule has 0 saturated carbocycles. The van der Waals surface area contributed by atoms with E-state index in [1.54, 1.807) is 0 Å². The van der Waals surface area contributed by atoms with Crippen LogP contribution in [0.4, 0.5) is 0 Å². The zero-order valence-corrected chi connectivity index (χ0v) is 14.0. The van der Waals surface area contributed by atoms with E-state index in [0.29, 0.717) is 24.6 Å². The van der Waals surface area contributed by atoms with Crippen LogP contribution in [0.1, 0.15) is 44.5 Å². The van der Waals surface area contributed by atoms with Crippen LogP contribution in [0.25, 0.3) is 0 Å². The number of likely N-dealkylation sites (N-methyl/N-ethyl adjacent to an activating group) is 1. The molecule has 0 amide bonds. The Kier molecular flexibility index (Phi) is 5.24. The molecule has 0 radical (unpaired) electrons. The molecule has 0 aromatic carbocycles. The topological polar surface area (TPSA) is 38.5 Å². The van der Waals surface area contributed by atoms with Crippen molar-refractivity contribution in [3.63, 3.8) is 0 Å². The third-order valence-electron chi connectivity index (χ3n) is 4.89. The highest BCUT2D eigenvalue weighted by atomic mass is 32.1. The maximum atomic E-state index is 6.20. The first-order valence-electron chi connectivity index (χ1n) is 7.58. The van der Waals surface area contributed by atoms with Crippen LogP contribution in [0.15, 0.2) is 17.5 Å². The standard InChI is InChI=1S/C16H28N2OS/c1-12(2)14-10-16(11-17,7-8-19-14)18(4)13(3)15-6-5-9-20-15/h5-6,9,12-14H,7-8,10-11,17H2,1-4H3. The van der Waals surface area contributed by atoms with Gasteiger partial charge in [-0.05, 0) is 44.2 Å². The molecule has 1 aliphatic heterocycles. The zero-order valence-electron chi connectivity index (χ0n) is 13.1. The van der Waals surface area contributed by atoms with Gasteiger partial charge in [0.25, 0.3) is 0 Å². The minimum atomic E-state index is 0.0661. The lowest BCUT2D eigenvalue weighted by atomic mass is 9.81. The summed E-state index contributed by atoms with van der Waals surface area (Å²) in [5, 5.41) is 2.15. The molecule has 0 aliphatic carbocycles. The Balaban J connectivity index is 2.17. The second-order valence-electron chi connectivity index (χ2n) is 6.34. The van der Waals surface area contributed by atoms with Crippen LogP contribution < -0.4 is 5.73 Å². The van der Waals surface area contributed by atoms with Gasteiger partial charge in [0.2, 0.25) is 0 Å². The summed E-state index contributed by atoms with van der Waals surface area (Å²) in [7, 11) is 2.22. The van der Waals surface area contributed by atoms with Crippen LogP contribution in [0.3, 0.4) is 0 Å². The Bertz CT molecular complexity index is 407. The van der Waals surface area contributed by atoms with Crippen molar-refractivity contribution in [1.29, 1.82) is 0 Å². The molecular weight excluding hydrogens is 268 g/mol. The molecule has 1 aromatic rings. The molecule has 20 heavy (non-hydrogen) atoms. The number of thiophene rings is 1. The molecule has 114 valence electrons. The predicted octanol–water partition coefficient (Wildman–Crippen LogP) is 3.27. The first-order chi connectivity index (χ1) is 9.50. The second kappa shape index (κ2) is 6.56. The molecule has 0 bridgehead atoms. The summed E-state index contributed by atoms with van der Waals surface area (Å²) in [6, 6.07) is 4.75. The molecule has 1 aromatic heterocycles. The van der Waals surface area contributed by atoms with Gasteiger partial charge in [-0.3, -0.25) is 4.90 Å². The molecule has 4 heteroatoms. The Morgan fingerprint density at radius 3 is 2.80 bits per heavy atom. The SMILES string of the molecule is CC(C)C1CC(CN)(N(C)C(C)c2cccs2)CCO1. The maximum Gasteiger partial charge on any atom is 0.0616 e. The minimum absolute atomic E-state index is 0.0661. The number of hydrogen-bond acceptors (Lipinski definition) is 4. The van der Waals surface area contributed by atoms with Gasteiger partial charge >= 0.3 is 0 Å². The third kappa shape index (κ3) is 3.08. The number of nitrogens with two attached hydrogens (primary N) is 1. The maximum absolute atomic E-state index is 6.20. The van der Waals surface area contributed by atoms with E-state index >= 15 is 0 Å². The fourth-order valence-electron chi connectivity index (χ4n) is 3.14. The lowest BCUT2D eigenvalue weighted by Crippen LogP contribution is -2.58. The predicted molar refractivity (Wildman–Crippen MR) is 86.1 cm³/mol. The Hall–Kier alpha value is -0.420. The van der Waals surface area contributed by atoms with E-state index in [9.17, 15) is 0 Å². The molecule has 3 nitrogen and oxygen atoms in total. The molecule has 1 fully saturated rings. The highest BCUT2D eigenvalue weighted by Crippen LogP contribution is 2.37. The molecular formula is C16H28N2OS. The number of nitrogens with zero attached hydrogens (tertiary/aromatic N) is 1. The van der Waals surface area contributed by atoms with Gasteiger partial charge in [0, 0.05) is 29.6 Å². The van der Waals surface area contributed by atoms with Crippen LogP contribution in [0, 0.1) is 5.92 Å². The summed E-state index contributed by atoms with van der Waals surface area (Å²) in [5.41, 5.74) is 6.26. The normalized spacial score (nSPS) is 29.1. The van der Waals surface area contributed by atoms with Gasteiger partial charge in [0.15, 0.2) is 0 Å². The van der Waals surface area contributed by atoms with Gasteiger partial charge in [-0.25, -0.2) is 0 Å². The molecule has 3 unspecified atom stereocenters. The second-order valence-corrected chi connectivity index (χ2v) is 7.32. The van der Waals surface area contributed by atoms with E-state index in [1.165, 1.54) is 4.88 Å². The van der Waals surface area contributed by atoms with E-state index in [2.05, 4.69) is 50.2 Å². The fourth-order valence-corrected chi connectivity index (χ4v) is 3.97. The number of hydrogen-bond donors (Lipinski definition) is 1. The van der Waals surface area contributed by atoms with Gasteiger partial charge in [-0.15, -0.1) is 11.3 Å². The average Bonchev–Trinajstić information content (AvgIpc) is 2.99. The van der Waals surface area contributed by atoms with Crippen molar-refractivity contribution in [1.82, 2.24) is 4.90 Å². The summed E-state index contributed by atoms with van der Waals surface area (Å²) in [6.45, 7) is 8.27. The van der Waals surface area contributed by atoms with Crippen molar-refractivity contribution in [2.75, 3.05) is 20.2 Å². The van der Waals surface area contributed by atoms with Gasteiger partial charge in [-0.2, -0.15) is 0 Å². The molecule has 0 spiro atoms. The monoisotopic (exact) mass is 296 g/mol. The highest BCUT2D eigenvalue weighted by molar-refractivity contribution is 7.10. The summed E-state index contributed by atoms with van der Waals surface area (Å²) in [4.78, 5) is 3.89. The Morgan fingerprint density at radius 1 is 1.50 bits per heavy atom. The summed E-state index contributed by atoms with van der Waals surface area (Å²) in [6.07, 6.45) is 2.39. The van der Waals surface area contributed by atoms with Gasteiger partial charge in [-0.1, -0.05) is 19.9 Å². The lowest BCUT2D eigenvalue weighted by Gasteiger charge is -2.49. The average molecular weight is 296 g/mol. The molecule has 1 aliphatic rings. The summed E-state index contributed by atoms with van der Waals surface area (Å²) in [5.74, 6) is 0.548. The first-order valence-corrected chi connectivity index (χ1v) is 8.46. The van der Waals surface area contributed by atoms with Crippen LogP contribution in [0.5, 0.6) is 0 Å². The van der Waals surface area contributed by atoms with Crippen molar-refractivity contribution in [2.45, 2.75) is 51.3 Å². The number of rotatable bonds is 5. The lowest BCUT2D eigenvalue weighted by molar-refractivity contribution is -0.0896. The van der Waals surface area contributed by atoms with E-state index in [4.69, 9.17) is 10.5 Å². The quantitative estimate of drug-likeness (QED) is 0.906. The highest BCUT2D eigenvalue weighted by Gasteiger charge is 2.42. The van der Waals surface area contributed by atoms with Crippen molar-refractivity contribution >= 4 is 11.3 Å². The first kappa shape index (κ1) is 16.0. The molecule has 2 N–H and O–H groups in total. The molecule has 3 atom stereocenters. The summed E-state index contributed by atoms with van der Waals surface area (Å²) >= 11 is 1.83. The van der Waals surface area contributed by atoms with Crippen molar-refractivity contribution in [3.05, 3.63) is 22.4 Å². The molecule has 2 rings (SSSR count). The molecule has 2 heterocycles. The third-order valence-corrected chi connectivity index (χ3v) is 5.93. The van der Waals surface area contributed by atoms with Crippen LogP contribution in [0.2, 0.25) is 0 Å². The Labute approximate surface area is 127 Å². The van der Waals surface area contributed by atoms with E-state index in [1.807, 2.05) is 11.3 Å². The number of ether oxygens (including phenoxy) is 1. The largest absolute Gasteiger partial charge is 0.378 e. The minimum Gasteiger partial charge on any atom is -0.378 e. The van der Waals surface area contributed by atoms with Gasteiger partial charge < -0.3 is 10.5 Å². The van der Waals surface area contributed by atoms with Crippen LogP contribution in [-0.2, 0) is 4.74 Å². The van der Waals surface area contributed by atoms with Crippen molar-refractivity contribution < 1.29 is 4.74 Å². The van der Waals surface area contributed by atoms with E-state index in [0.717, 1.165) is 19.4 Å². The van der Waals surface area contributed by atoms with Gasteiger partial charge in [0.1, 0.15) is 0 Å². The smallest absolute Gasteiger partial charge is 0.0616 e. The van der Waals surface area contributed by atoms with E-state index in [-0.39, 0.29) is 5.54 Å². The van der Waals surface area contributed by atoms with Crippen molar-refractivity contribution in [2.24, 2.45) is 11.7 Å². The van der Waals surface area contributed by atoms with Crippen LogP contribution >= 0.6 is 11.3 Å².